The minimum atomic E-state index is 0.676. The van der Waals surface area contributed by atoms with E-state index in [9.17, 15) is 0 Å². The summed E-state index contributed by atoms with van der Waals surface area (Å²) in [5, 5.41) is 8.62. The van der Waals surface area contributed by atoms with Crippen molar-refractivity contribution in [2.24, 2.45) is 0 Å². The average molecular weight is 183 g/mol. The minimum Gasteiger partial charge on any atom is -0.193 e. The molecule has 0 N–H and O–H groups in total. The molecule has 1 aromatic rings. The number of benzene rings is 1. The van der Waals surface area contributed by atoms with Crippen molar-refractivity contribution in [2.45, 2.75) is 13.8 Å². The normalized spacial score (nSPS) is 10.8. The van der Waals surface area contributed by atoms with Gasteiger partial charge in [0, 0.05) is 5.57 Å². The molecule has 1 aromatic carbocycles. The highest BCUT2D eigenvalue weighted by Crippen LogP contribution is 2.15. The summed E-state index contributed by atoms with van der Waals surface area (Å²) in [4.78, 5) is 0. The van der Waals surface area contributed by atoms with Crippen LogP contribution in [0.3, 0.4) is 0 Å². The summed E-state index contributed by atoms with van der Waals surface area (Å²) in [6.07, 6.45) is 1.80. The van der Waals surface area contributed by atoms with Gasteiger partial charge in [-0.2, -0.15) is 5.26 Å². The van der Waals surface area contributed by atoms with Crippen LogP contribution in [0.5, 0.6) is 0 Å². The third-order valence-electron chi connectivity index (χ3n) is 1.99. The third kappa shape index (κ3) is 2.60. The molecule has 0 heterocycles. The second-order valence-corrected chi connectivity index (χ2v) is 3.33. The lowest BCUT2D eigenvalue weighted by molar-refractivity contribution is 1.43. The van der Waals surface area contributed by atoms with Crippen molar-refractivity contribution < 1.29 is 0 Å². The fourth-order valence-corrected chi connectivity index (χ4v) is 1.14. The second kappa shape index (κ2) is 4.43. The van der Waals surface area contributed by atoms with Gasteiger partial charge in [-0.1, -0.05) is 36.4 Å². The Morgan fingerprint density at radius 2 is 1.93 bits per heavy atom. The molecule has 0 fully saturated rings. The van der Waals surface area contributed by atoms with Crippen LogP contribution in [0.2, 0.25) is 0 Å². The van der Waals surface area contributed by atoms with Gasteiger partial charge in [0.2, 0.25) is 0 Å². The van der Waals surface area contributed by atoms with Crippen molar-refractivity contribution in [1.82, 2.24) is 0 Å². The molecule has 0 radical (unpaired) electrons. The predicted octanol–water partition coefficient (Wildman–Crippen LogP) is 3.48. The standard InChI is InChI=1S/C13H13N/c1-10-4-6-13(7-5-10)12(3)8-11(2)9-14/h4-8H,3H2,1-2H3/b11-8+. The van der Waals surface area contributed by atoms with Gasteiger partial charge in [0.15, 0.2) is 0 Å². The fraction of sp³-hybridized carbons (Fsp3) is 0.154. The van der Waals surface area contributed by atoms with Crippen molar-refractivity contribution in [3.63, 3.8) is 0 Å². The first-order chi connectivity index (χ1) is 6.63. The maximum absolute atomic E-state index is 8.62. The number of rotatable bonds is 2. The minimum absolute atomic E-state index is 0.676. The number of hydrogen-bond acceptors (Lipinski definition) is 1. The molecule has 1 rings (SSSR count). The summed E-state index contributed by atoms with van der Waals surface area (Å²) in [6.45, 7) is 7.74. The maximum Gasteiger partial charge on any atom is 0.0944 e. The largest absolute Gasteiger partial charge is 0.193 e. The molecule has 0 spiro atoms. The van der Waals surface area contributed by atoms with Crippen LogP contribution in [0.1, 0.15) is 18.1 Å². The zero-order valence-corrected chi connectivity index (χ0v) is 8.54. The Balaban J connectivity index is 2.92. The SMILES string of the molecule is C=C(/C=C(\C)C#N)c1ccc(C)cc1. The van der Waals surface area contributed by atoms with Crippen molar-refractivity contribution in [3.05, 3.63) is 53.6 Å². The van der Waals surface area contributed by atoms with E-state index in [1.807, 2.05) is 31.2 Å². The molecule has 70 valence electrons. The number of aryl methyl sites for hydroxylation is 1. The van der Waals surface area contributed by atoms with E-state index in [-0.39, 0.29) is 0 Å². The van der Waals surface area contributed by atoms with Gasteiger partial charge in [0.05, 0.1) is 6.07 Å². The van der Waals surface area contributed by atoms with Crippen LogP contribution in [0.25, 0.3) is 5.57 Å². The molecule has 0 aliphatic heterocycles. The molecule has 0 aliphatic carbocycles. The Hall–Kier alpha value is -1.81. The van der Waals surface area contributed by atoms with E-state index in [0.717, 1.165) is 11.1 Å². The third-order valence-corrected chi connectivity index (χ3v) is 1.99. The Morgan fingerprint density at radius 1 is 1.36 bits per heavy atom. The Labute approximate surface area is 85.0 Å². The zero-order chi connectivity index (χ0) is 10.6. The molecule has 0 unspecified atom stereocenters. The van der Waals surface area contributed by atoms with Crippen LogP contribution in [-0.2, 0) is 0 Å². The summed E-state index contributed by atoms with van der Waals surface area (Å²) in [6, 6.07) is 10.2. The van der Waals surface area contributed by atoms with Crippen molar-refractivity contribution in [3.8, 4) is 6.07 Å². The summed E-state index contributed by atoms with van der Waals surface area (Å²) in [7, 11) is 0. The predicted molar refractivity (Wildman–Crippen MR) is 59.6 cm³/mol. The average Bonchev–Trinajstić information content (AvgIpc) is 2.18. The van der Waals surface area contributed by atoms with Gasteiger partial charge in [0.25, 0.3) is 0 Å². The topological polar surface area (TPSA) is 23.8 Å². The van der Waals surface area contributed by atoms with Gasteiger partial charge < -0.3 is 0 Å². The van der Waals surface area contributed by atoms with E-state index < -0.39 is 0 Å². The van der Waals surface area contributed by atoms with Gasteiger partial charge >= 0.3 is 0 Å². The van der Waals surface area contributed by atoms with Crippen molar-refractivity contribution >= 4 is 5.57 Å². The summed E-state index contributed by atoms with van der Waals surface area (Å²) >= 11 is 0. The van der Waals surface area contributed by atoms with Crippen LogP contribution in [-0.4, -0.2) is 0 Å². The van der Waals surface area contributed by atoms with Gasteiger partial charge in [-0.25, -0.2) is 0 Å². The lowest BCUT2D eigenvalue weighted by atomic mass is 10.0. The molecule has 0 atom stereocenters. The molecule has 0 amide bonds. The molecule has 0 bridgehead atoms. The number of allylic oxidation sites excluding steroid dienone is 3. The number of nitrogens with zero attached hydrogens (tertiary/aromatic N) is 1. The molecule has 14 heavy (non-hydrogen) atoms. The zero-order valence-electron chi connectivity index (χ0n) is 8.54. The van der Waals surface area contributed by atoms with Crippen LogP contribution in [0, 0.1) is 18.3 Å². The molecular weight excluding hydrogens is 170 g/mol. The summed E-state index contributed by atoms with van der Waals surface area (Å²) < 4.78 is 0. The first kappa shape index (κ1) is 10.3. The van der Waals surface area contributed by atoms with Crippen LogP contribution < -0.4 is 0 Å². The highest BCUT2D eigenvalue weighted by molar-refractivity contribution is 5.73. The van der Waals surface area contributed by atoms with Crippen molar-refractivity contribution in [2.75, 3.05) is 0 Å². The molecular formula is C13H13N. The summed E-state index contributed by atoms with van der Waals surface area (Å²) in [5.74, 6) is 0. The van der Waals surface area contributed by atoms with E-state index in [4.69, 9.17) is 5.26 Å². The lowest BCUT2D eigenvalue weighted by Gasteiger charge is -2.00. The highest BCUT2D eigenvalue weighted by Gasteiger charge is 1.95. The molecule has 1 nitrogen and oxygen atoms in total. The van der Waals surface area contributed by atoms with Crippen LogP contribution in [0.15, 0.2) is 42.5 Å². The Morgan fingerprint density at radius 3 is 2.43 bits per heavy atom. The molecule has 0 aliphatic rings. The van der Waals surface area contributed by atoms with E-state index in [0.29, 0.717) is 5.57 Å². The van der Waals surface area contributed by atoms with Gasteiger partial charge in [0.1, 0.15) is 0 Å². The van der Waals surface area contributed by atoms with E-state index >= 15 is 0 Å². The first-order valence-electron chi connectivity index (χ1n) is 4.48. The molecule has 0 saturated carbocycles. The summed E-state index contributed by atoms with van der Waals surface area (Å²) in [5.41, 5.74) is 3.84. The molecule has 0 saturated heterocycles. The second-order valence-electron chi connectivity index (χ2n) is 3.33. The van der Waals surface area contributed by atoms with Crippen molar-refractivity contribution in [1.29, 1.82) is 5.26 Å². The Bertz CT molecular complexity index is 402. The number of hydrogen-bond donors (Lipinski definition) is 0. The monoisotopic (exact) mass is 183 g/mol. The molecule has 1 heteroatoms. The Kier molecular flexibility index (Phi) is 3.25. The van der Waals surface area contributed by atoms with Gasteiger partial charge in [-0.05, 0) is 31.1 Å². The quantitative estimate of drug-likeness (QED) is 0.508. The molecule has 0 aromatic heterocycles. The lowest BCUT2D eigenvalue weighted by Crippen LogP contribution is -1.80. The van der Waals surface area contributed by atoms with Crippen LogP contribution in [0.4, 0.5) is 0 Å². The van der Waals surface area contributed by atoms with E-state index in [1.54, 1.807) is 13.0 Å². The fourth-order valence-electron chi connectivity index (χ4n) is 1.14. The maximum atomic E-state index is 8.62. The number of nitriles is 1. The smallest absolute Gasteiger partial charge is 0.0944 e. The highest BCUT2D eigenvalue weighted by atomic mass is 14.2. The van der Waals surface area contributed by atoms with Gasteiger partial charge in [-0.15, -0.1) is 0 Å². The first-order valence-corrected chi connectivity index (χ1v) is 4.48. The van der Waals surface area contributed by atoms with Gasteiger partial charge in [-0.3, -0.25) is 0 Å². The van der Waals surface area contributed by atoms with E-state index in [2.05, 4.69) is 12.6 Å². The van der Waals surface area contributed by atoms with E-state index in [1.165, 1.54) is 5.56 Å². The van der Waals surface area contributed by atoms with Crippen LogP contribution >= 0.6 is 0 Å².